The van der Waals surface area contributed by atoms with Gasteiger partial charge in [-0.1, -0.05) is 37.0 Å². The van der Waals surface area contributed by atoms with E-state index in [4.69, 9.17) is 23.2 Å². The Balaban J connectivity index is 2.11. The molecule has 2 rings (SSSR count). The molecule has 5 nitrogen and oxygen atoms in total. The summed E-state index contributed by atoms with van der Waals surface area (Å²) in [6.45, 7) is 4.53. The number of aromatic nitrogens is 1. The molecule has 0 aliphatic heterocycles. The van der Waals surface area contributed by atoms with Gasteiger partial charge in [0.1, 0.15) is 5.69 Å². The van der Waals surface area contributed by atoms with Crippen LogP contribution in [-0.4, -0.2) is 23.3 Å². The van der Waals surface area contributed by atoms with Crippen LogP contribution in [0.15, 0.2) is 36.5 Å². The molecule has 1 aromatic carbocycles. The zero-order valence-electron chi connectivity index (χ0n) is 13.3. The Bertz CT molecular complexity index is 763. The Hall–Kier alpha value is -2.11. The molecule has 1 heterocycles. The molecule has 2 N–H and O–H groups in total. The number of rotatable bonds is 5. The van der Waals surface area contributed by atoms with Crippen LogP contribution in [0, 0.1) is 5.92 Å². The number of carbonyl (C=O) groups is 2. The summed E-state index contributed by atoms with van der Waals surface area (Å²) in [4.78, 5) is 28.3. The largest absolute Gasteiger partial charge is 0.350 e. The molecule has 0 atom stereocenters. The van der Waals surface area contributed by atoms with Gasteiger partial charge < -0.3 is 10.6 Å². The van der Waals surface area contributed by atoms with Crippen LogP contribution in [0.5, 0.6) is 0 Å². The lowest BCUT2D eigenvalue weighted by molar-refractivity contribution is 0.0944. The quantitative estimate of drug-likeness (QED) is 0.840. The van der Waals surface area contributed by atoms with Gasteiger partial charge in [-0.05, 0) is 36.2 Å². The van der Waals surface area contributed by atoms with Gasteiger partial charge in [0.2, 0.25) is 0 Å². The number of amides is 2. The predicted molar refractivity (Wildman–Crippen MR) is 95.8 cm³/mol. The van der Waals surface area contributed by atoms with E-state index in [1.54, 1.807) is 18.2 Å². The number of carbonyl (C=O) groups excluding carboxylic acids is 2. The molecule has 0 saturated carbocycles. The van der Waals surface area contributed by atoms with Gasteiger partial charge in [0.15, 0.2) is 0 Å². The Labute approximate surface area is 150 Å². The number of nitrogens with zero attached hydrogens (tertiary/aromatic N) is 1. The average Bonchev–Trinajstić information content (AvgIpc) is 2.56. The molecule has 2 aromatic rings. The molecule has 0 aliphatic rings. The van der Waals surface area contributed by atoms with E-state index < -0.39 is 0 Å². The van der Waals surface area contributed by atoms with Crippen LogP contribution >= 0.6 is 23.2 Å². The standard InChI is InChI=1S/C17H17Cl2N3O2/c1-10(2)9-21-17(24)15-7-11(5-6-20-15)16(23)22-12-3-4-13(18)14(19)8-12/h3-8,10H,9H2,1-2H3,(H,21,24)(H,22,23). The van der Waals surface area contributed by atoms with Gasteiger partial charge in [0.25, 0.3) is 11.8 Å². The van der Waals surface area contributed by atoms with E-state index >= 15 is 0 Å². The summed E-state index contributed by atoms with van der Waals surface area (Å²) in [6, 6.07) is 7.77. The van der Waals surface area contributed by atoms with Crippen molar-refractivity contribution in [3.8, 4) is 0 Å². The normalized spacial score (nSPS) is 10.5. The molecule has 126 valence electrons. The SMILES string of the molecule is CC(C)CNC(=O)c1cc(C(=O)Nc2ccc(Cl)c(Cl)c2)ccn1. The summed E-state index contributed by atoms with van der Waals surface area (Å²) < 4.78 is 0. The maximum Gasteiger partial charge on any atom is 0.269 e. The van der Waals surface area contributed by atoms with Crippen molar-refractivity contribution < 1.29 is 9.59 Å². The van der Waals surface area contributed by atoms with E-state index in [9.17, 15) is 9.59 Å². The summed E-state index contributed by atoms with van der Waals surface area (Å²) in [5, 5.41) is 6.21. The average molecular weight is 366 g/mol. The highest BCUT2D eigenvalue weighted by Gasteiger charge is 2.12. The number of anilines is 1. The highest BCUT2D eigenvalue weighted by Crippen LogP contribution is 2.25. The molecule has 24 heavy (non-hydrogen) atoms. The van der Waals surface area contributed by atoms with Crippen molar-refractivity contribution in [3.05, 3.63) is 57.8 Å². The third-order valence-electron chi connectivity index (χ3n) is 3.10. The molecule has 0 fully saturated rings. The summed E-state index contributed by atoms with van der Waals surface area (Å²) in [6.07, 6.45) is 1.42. The fourth-order valence-corrected chi connectivity index (χ4v) is 2.16. The van der Waals surface area contributed by atoms with Crippen molar-refractivity contribution in [1.29, 1.82) is 0 Å². The van der Waals surface area contributed by atoms with Gasteiger partial charge in [-0.15, -0.1) is 0 Å². The van der Waals surface area contributed by atoms with Gasteiger partial charge in [-0.2, -0.15) is 0 Å². The van der Waals surface area contributed by atoms with Crippen LogP contribution in [-0.2, 0) is 0 Å². The molecule has 1 aromatic heterocycles. The Morgan fingerprint density at radius 3 is 2.50 bits per heavy atom. The van der Waals surface area contributed by atoms with E-state index in [0.29, 0.717) is 33.8 Å². The fourth-order valence-electron chi connectivity index (χ4n) is 1.86. The molecule has 7 heteroatoms. The molecule has 0 bridgehead atoms. The van der Waals surface area contributed by atoms with Gasteiger partial charge in [0.05, 0.1) is 10.0 Å². The van der Waals surface area contributed by atoms with Crippen LogP contribution < -0.4 is 10.6 Å². The van der Waals surface area contributed by atoms with Gasteiger partial charge in [0, 0.05) is 24.0 Å². The van der Waals surface area contributed by atoms with Crippen molar-refractivity contribution >= 4 is 40.7 Å². The van der Waals surface area contributed by atoms with Crippen molar-refractivity contribution in [2.75, 3.05) is 11.9 Å². The van der Waals surface area contributed by atoms with Crippen molar-refractivity contribution in [1.82, 2.24) is 10.3 Å². The lowest BCUT2D eigenvalue weighted by atomic mass is 10.2. The molecule has 2 amide bonds. The first-order valence-corrected chi connectivity index (χ1v) is 8.13. The number of hydrogen-bond acceptors (Lipinski definition) is 3. The number of pyridine rings is 1. The van der Waals surface area contributed by atoms with E-state index in [2.05, 4.69) is 15.6 Å². The fraction of sp³-hybridized carbons (Fsp3) is 0.235. The van der Waals surface area contributed by atoms with E-state index in [0.717, 1.165) is 0 Å². The monoisotopic (exact) mass is 365 g/mol. The van der Waals surface area contributed by atoms with Gasteiger partial charge in [-0.25, -0.2) is 0 Å². The molecule has 0 aliphatic carbocycles. The summed E-state index contributed by atoms with van der Waals surface area (Å²) >= 11 is 11.8. The number of nitrogens with one attached hydrogen (secondary N) is 2. The first-order chi connectivity index (χ1) is 11.4. The third kappa shape index (κ3) is 4.94. The van der Waals surface area contributed by atoms with Gasteiger partial charge >= 0.3 is 0 Å². The van der Waals surface area contributed by atoms with Crippen molar-refractivity contribution in [3.63, 3.8) is 0 Å². The number of halogens is 2. The Morgan fingerprint density at radius 1 is 1.08 bits per heavy atom. The van der Waals surface area contributed by atoms with Crippen LogP contribution in [0.25, 0.3) is 0 Å². The van der Waals surface area contributed by atoms with Crippen molar-refractivity contribution in [2.24, 2.45) is 5.92 Å². The lowest BCUT2D eigenvalue weighted by Gasteiger charge is -2.09. The summed E-state index contributed by atoms with van der Waals surface area (Å²) in [7, 11) is 0. The molecular formula is C17H17Cl2N3O2. The van der Waals surface area contributed by atoms with Gasteiger partial charge in [-0.3, -0.25) is 14.6 Å². The highest BCUT2D eigenvalue weighted by molar-refractivity contribution is 6.42. The second kappa shape index (κ2) is 8.13. The first-order valence-electron chi connectivity index (χ1n) is 7.37. The lowest BCUT2D eigenvalue weighted by Crippen LogP contribution is -2.28. The Morgan fingerprint density at radius 2 is 1.83 bits per heavy atom. The molecule has 0 radical (unpaired) electrons. The van der Waals surface area contributed by atoms with E-state index in [1.165, 1.54) is 18.3 Å². The van der Waals surface area contributed by atoms with Crippen LogP contribution in [0.1, 0.15) is 34.7 Å². The highest BCUT2D eigenvalue weighted by atomic mass is 35.5. The minimum Gasteiger partial charge on any atom is -0.350 e. The smallest absolute Gasteiger partial charge is 0.269 e. The first kappa shape index (κ1) is 18.2. The Kier molecular flexibility index (Phi) is 6.17. The minimum atomic E-state index is -0.367. The summed E-state index contributed by atoms with van der Waals surface area (Å²) in [5.41, 5.74) is 1.03. The third-order valence-corrected chi connectivity index (χ3v) is 3.84. The molecule has 0 spiro atoms. The second-order valence-electron chi connectivity index (χ2n) is 5.62. The summed E-state index contributed by atoms with van der Waals surface area (Å²) in [5.74, 6) is -0.350. The molecular weight excluding hydrogens is 349 g/mol. The number of benzene rings is 1. The number of hydrogen-bond donors (Lipinski definition) is 2. The predicted octanol–water partition coefficient (Wildman–Crippen LogP) is 4.03. The van der Waals surface area contributed by atoms with Crippen LogP contribution in [0.2, 0.25) is 10.0 Å². The van der Waals surface area contributed by atoms with Crippen LogP contribution in [0.3, 0.4) is 0 Å². The molecule has 0 saturated heterocycles. The maximum absolute atomic E-state index is 12.3. The molecule has 0 unspecified atom stereocenters. The maximum atomic E-state index is 12.3. The van der Waals surface area contributed by atoms with E-state index in [1.807, 2.05) is 13.8 Å². The zero-order valence-corrected chi connectivity index (χ0v) is 14.8. The zero-order chi connectivity index (χ0) is 17.7. The van der Waals surface area contributed by atoms with Crippen molar-refractivity contribution in [2.45, 2.75) is 13.8 Å². The topological polar surface area (TPSA) is 71.1 Å². The second-order valence-corrected chi connectivity index (χ2v) is 6.43. The van der Waals surface area contributed by atoms with Crippen LogP contribution in [0.4, 0.5) is 5.69 Å². The minimum absolute atomic E-state index is 0.192. The van der Waals surface area contributed by atoms with E-state index in [-0.39, 0.29) is 17.5 Å².